The molecule has 32 heavy (non-hydrogen) atoms. The first-order valence-electron chi connectivity index (χ1n) is 12.2. The van der Waals surface area contributed by atoms with Crippen LogP contribution in [0.2, 0.25) is 0 Å². The largest absolute Gasteiger partial charge is 0.446 e. The predicted molar refractivity (Wildman–Crippen MR) is 120 cm³/mol. The average Bonchev–Trinajstić information content (AvgIpc) is 2.83. The number of nitriles is 1. The number of aliphatic imine (C=N–C) groups is 1. The summed E-state index contributed by atoms with van der Waals surface area (Å²) in [7, 11) is 0. The fourth-order valence-corrected chi connectivity index (χ4v) is 4.77. The summed E-state index contributed by atoms with van der Waals surface area (Å²) in [6, 6.07) is 1.30. The van der Waals surface area contributed by atoms with Crippen LogP contribution in [0.25, 0.3) is 0 Å². The number of amides is 2. The van der Waals surface area contributed by atoms with E-state index in [4.69, 9.17) is 19.7 Å². The highest BCUT2D eigenvalue weighted by Gasteiger charge is 2.28. The summed E-state index contributed by atoms with van der Waals surface area (Å²) in [4.78, 5) is 32.2. The quantitative estimate of drug-likeness (QED) is 0.367. The smallest absolute Gasteiger partial charge is 0.414 e. The number of morpholine rings is 1. The van der Waals surface area contributed by atoms with Gasteiger partial charge in [0.15, 0.2) is 0 Å². The lowest BCUT2D eigenvalue weighted by atomic mass is 9.85. The van der Waals surface area contributed by atoms with E-state index in [-0.39, 0.29) is 18.6 Å². The second-order valence-corrected chi connectivity index (χ2v) is 8.97. The molecule has 2 N–H and O–H groups in total. The van der Waals surface area contributed by atoms with Gasteiger partial charge in [-0.2, -0.15) is 5.26 Å². The van der Waals surface area contributed by atoms with Crippen LogP contribution < -0.4 is 10.6 Å². The van der Waals surface area contributed by atoms with Crippen molar-refractivity contribution in [2.24, 2.45) is 10.9 Å². The lowest BCUT2D eigenvalue weighted by molar-refractivity contribution is -0.122. The van der Waals surface area contributed by atoms with Gasteiger partial charge in [0.1, 0.15) is 18.7 Å². The minimum absolute atomic E-state index is 0.0560. The number of guanidine groups is 1. The number of rotatable bonds is 6. The molecule has 1 aliphatic heterocycles. The van der Waals surface area contributed by atoms with Gasteiger partial charge in [0.2, 0.25) is 11.9 Å². The summed E-state index contributed by atoms with van der Waals surface area (Å²) in [5, 5.41) is 14.4. The Kier molecular flexibility index (Phi) is 10.1. The first kappa shape index (κ1) is 24.3. The van der Waals surface area contributed by atoms with Gasteiger partial charge in [-0.05, 0) is 38.0 Å². The maximum atomic E-state index is 12.8. The Morgan fingerprint density at radius 1 is 1.06 bits per heavy atom. The highest BCUT2D eigenvalue weighted by atomic mass is 16.6. The number of alkyl carbamates (subject to hydrolysis) is 1. The maximum Gasteiger partial charge on any atom is 0.414 e. The summed E-state index contributed by atoms with van der Waals surface area (Å²) >= 11 is 0. The van der Waals surface area contributed by atoms with E-state index in [9.17, 15) is 9.59 Å². The van der Waals surface area contributed by atoms with E-state index < -0.39 is 12.1 Å². The molecule has 1 heterocycles. The highest BCUT2D eigenvalue weighted by Crippen LogP contribution is 2.28. The lowest BCUT2D eigenvalue weighted by Gasteiger charge is -2.31. The van der Waals surface area contributed by atoms with Gasteiger partial charge in [-0.25, -0.2) is 9.79 Å². The van der Waals surface area contributed by atoms with Crippen molar-refractivity contribution in [1.29, 1.82) is 5.26 Å². The molecule has 9 nitrogen and oxygen atoms in total. The number of ether oxygens (including phenoxy) is 2. The first-order chi connectivity index (χ1) is 15.7. The number of carbonyl (C=O) groups excluding carboxylic acids is 2. The van der Waals surface area contributed by atoms with E-state index in [1.807, 2.05) is 11.0 Å². The molecule has 0 bridgehead atoms. The third-order valence-corrected chi connectivity index (χ3v) is 6.55. The lowest BCUT2D eigenvalue weighted by Crippen LogP contribution is -2.51. The Balaban J connectivity index is 1.73. The molecule has 2 amide bonds. The molecule has 0 aromatic heterocycles. The van der Waals surface area contributed by atoms with Crippen LogP contribution >= 0.6 is 0 Å². The van der Waals surface area contributed by atoms with E-state index in [1.54, 1.807) is 0 Å². The molecule has 1 atom stereocenters. The average molecular weight is 448 g/mol. The van der Waals surface area contributed by atoms with Gasteiger partial charge in [-0.3, -0.25) is 10.1 Å². The highest BCUT2D eigenvalue weighted by molar-refractivity contribution is 5.96. The minimum atomic E-state index is -0.653. The molecular formula is C23H37N5O4. The van der Waals surface area contributed by atoms with Gasteiger partial charge in [-0.1, -0.05) is 38.5 Å². The molecule has 0 aromatic carbocycles. The van der Waals surface area contributed by atoms with E-state index in [1.165, 1.54) is 25.7 Å². The normalized spacial score (nSPS) is 22.0. The number of hydrogen-bond donors (Lipinski definition) is 2. The number of carbonyl (C=O) groups is 2. The summed E-state index contributed by atoms with van der Waals surface area (Å²) in [6.07, 6.45) is 10.9. The van der Waals surface area contributed by atoms with Crippen molar-refractivity contribution in [3.63, 3.8) is 0 Å². The molecular weight excluding hydrogens is 410 g/mol. The zero-order valence-corrected chi connectivity index (χ0v) is 19.0. The Hall–Kier alpha value is -2.34. The molecule has 2 saturated carbocycles. The Labute approximate surface area is 190 Å². The zero-order chi connectivity index (χ0) is 22.6. The van der Waals surface area contributed by atoms with Crippen molar-refractivity contribution in [2.75, 3.05) is 32.8 Å². The van der Waals surface area contributed by atoms with Crippen LogP contribution in [-0.4, -0.2) is 67.9 Å². The van der Waals surface area contributed by atoms with E-state index in [2.05, 4.69) is 10.6 Å². The van der Waals surface area contributed by atoms with Gasteiger partial charge in [0, 0.05) is 13.1 Å². The van der Waals surface area contributed by atoms with Crippen LogP contribution in [0, 0.1) is 17.2 Å². The summed E-state index contributed by atoms with van der Waals surface area (Å²) in [6.45, 7) is 2.18. The maximum absolute atomic E-state index is 12.8. The second kappa shape index (κ2) is 13.3. The molecule has 178 valence electrons. The van der Waals surface area contributed by atoms with Gasteiger partial charge < -0.3 is 19.7 Å². The van der Waals surface area contributed by atoms with Gasteiger partial charge in [0.25, 0.3) is 0 Å². The first-order valence-corrected chi connectivity index (χ1v) is 12.2. The van der Waals surface area contributed by atoms with E-state index in [0.29, 0.717) is 44.6 Å². The molecule has 0 radical (unpaired) electrons. The summed E-state index contributed by atoms with van der Waals surface area (Å²) in [5.41, 5.74) is 0. The molecule has 1 saturated heterocycles. The number of nitrogens with zero attached hydrogens (tertiary/aromatic N) is 3. The van der Waals surface area contributed by atoms with Crippen molar-refractivity contribution >= 4 is 18.0 Å². The molecule has 0 aromatic rings. The van der Waals surface area contributed by atoms with Crippen LogP contribution in [0.5, 0.6) is 0 Å². The zero-order valence-electron chi connectivity index (χ0n) is 19.0. The van der Waals surface area contributed by atoms with Gasteiger partial charge >= 0.3 is 6.09 Å². The molecule has 0 spiro atoms. The fraction of sp³-hybridized carbons (Fsp3) is 0.826. The van der Waals surface area contributed by atoms with Crippen molar-refractivity contribution in [3.8, 4) is 6.07 Å². The predicted octanol–water partition coefficient (Wildman–Crippen LogP) is 2.71. The topological polar surface area (TPSA) is 116 Å². The number of hydrogen-bond acceptors (Lipinski definition) is 6. The SMILES string of the molecule is N#CCNC(=O)[C@H](CC1CCCCC1)N=C(NC(=O)OC1CCCCC1)N1CCOCC1. The van der Waals surface area contributed by atoms with Gasteiger partial charge in [0.05, 0.1) is 19.3 Å². The van der Waals surface area contributed by atoms with Crippen LogP contribution in [0.4, 0.5) is 4.79 Å². The molecule has 9 heteroatoms. The number of nitrogens with one attached hydrogen (secondary N) is 2. The van der Waals surface area contributed by atoms with Crippen LogP contribution in [0.15, 0.2) is 4.99 Å². The third kappa shape index (κ3) is 7.97. The fourth-order valence-electron chi connectivity index (χ4n) is 4.77. The molecule has 3 aliphatic rings. The van der Waals surface area contributed by atoms with Crippen molar-refractivity contribution in [1.82, 2.24) is 15.5 Å². The molecule has 3 fully saturated rings. The van der Waals surface area contributed by atoms with Crippen LogP contribution in [0.3, 0.4) is 0 Å². The summed E-state index contributed by atoms with van der Waals surface area (Å²) < 4.78 is 11.1. The molecule has 0 unspecified atom stereocenters. The standard InChI is InChI=1S/C23H37N5O4/c24-11-12-25-21(29)20(17-18-7-3-1-4-8-18)26-22(28-13-15-31-16-14-28)27-23(30)32-19-9-5-2-6-10-19/h18-20H,1-10,12-17H2,(H,25,29)(H,26,27,30)/t20-/m0/s1. The monoisotopic (exact) mass is 447 g/mol. The Bertz CT molecular complexity index is 674. The van der Waals surface area contributed by atoms with Crippen molar-refractivity contribution in [3.05, 3.63) is 0 Å². The van der Waals surface area contributed by atoms with E-state index in [0.717, 1.165) is 38.5 Å². The third-order valence-electron chi connectivity index (χ3n) is 6.55. The minimum Gasteiger partial charge on any atom is -0.446 e. The van der Waals surface area contributed by atoms with E-state index >= 15 is 0 Å². The van der Waals surface area contributed by atoms with Crippen molar-refractivity contribution in [2.45, 2.75) is 82.8 Å². The van der Waals surface area contributed by atoms with Crippen molar-refractivity contribution < 1.29 is 19.1 Å². The molecule has 3 rings (SSSR count). The van der Waals surface area contributed by atoms with Gasteiger partial charge in [-0.15, -0.1) is 0 Å². The Morgan fingerprint density at radius 3 is 2.38 bits per heavy atom. The summed E-state index contributed by atoms with van der Waals surface area (Å²) in [5.74, 6) is 0.512. The van der Waals surface area contributed by atoms with Crippen LogP contribution in [-0.2, 0) is 14.3 Å². The van der Waals surface area contributed by atoms with Crippen LogP contribution in [0.1, 0.15) is 70.6 Å². The molecule has 2 aliphatic carbocycles. The second-order valence-electron chi connectivity index (χ2n) is 8.97. The Morgan fingerprint density at radius 2 is 1.72 bits per heavy atom.